The van der Waals surface area contributed by atoms with Crippen LogP contribution in [0, 0.1) is 0 Å². The van der Waals surface area contributed by atoms with Gasteiger partial charge in [0.25, 0.3) is 0 Å². The van der Waals surface area contributed by atoms with E-state index in [1.54, 1.807) is 37.7 Å². The number of aliphatic hydroxyl groups is 1. The Balaban J connectivity index is 2.09. The normalized spacial score (nSPS) is 23.2. The van der Waals surface area contributed by atoms with E-state index in [4.69, 9.17) is 4.74 Å². The van der Waals surface area contributed by atoms with Crippen molar-refractivity contribution in [2.75, 3.05) is 20.3 Å². The average molecular weight is 322 g/mol. The highest BCUT2D eigenvalue weighted by Crippen LogP contribution is 2.30. The standard InChI is InChI=1S/C15H18N2O4S/c1-21-13-7-12(10-18)17(9-13)22(19,20)15-4-2-3-11-8-16-6-5-14(11)15/h2-6,8,12-13,18H,7,9-10H2,1H3/t12-,13+/m0/s1. The van der Waals surface area contributed by atoms with Crippen LogP contribution in [0.5, 0.6) is 0 Å². The molecule has 0 saturated carbocycles. The molecule has 0 spiro atoms. The van der Waals surface area contributed by atoms with E-state index in [0.717, 1.165) is 5.39 Å². The number of pyridine rings is 1. The molecule has 0 bridgehead atoms. The number of hydrogen-bond acceptors (Lipinski definition) is 5. The van der Waals surface area contributed by atoms with E-state index in [2.05, 4.69) is 4.98 Å². The van der Waals surface area contributed by atoms with Crippen LogP contribution in [0.4, 0.5) is 0 Å². The Hall–Kier alpha value is -1.54. The molecule has 0 aliphatic carbocycles. The van der Waals surface area contributed by atoms with Crippen LogP contribution in [0.25, 0.3) is 10.8 Å². The maximum absolute atomic E-state index is 13.0. The zero-order chi connectivity index (χ0) is 15.7. The van der Waals surface area contributed by atoms with Gasteiger partial charge in [-0.25, -0.2) is 8.42 Å². The molecule has 1 aliphatic rings. The quantitative estimate of drug-likeness (QED) is 0.908. The van der Waals surface area contributed by atoms with E-state index < -0.39 is 16.1 Å². The van der Waals surface area contributed by atoms with Crippen molar-refractivity contribution in [2.45, 2.75) is 23.5 Å². The molecule has 6 nitrogen and oxygen atoms in total. The number of aliphatic hydroxyl groups excluding tert-OH is 1. The lowest BCUT2D eigenvalue weighted by atomic mass is 10.2. The fourth-order valence-corrected chi connectivity index (χ4v) is 4.79. The molecule has 1 N–H and O–H groups in total. The van der Waals surface area contributed by atoms with Gasteiger partial charge >= 0.3 is 0 Å². The van der Waals surface area contributed by atoms with Gasteiger partial charge in [0.05, 0.1) is 23.6 Å². The Labute approximate surface area is 129 Å². The Morgan fingerprint density at radius 2 is 2.23 bits per heavy atom. The summed E-state index contributed by atoms with van der Waals surface area (Å²) in [6, 6.07) is 6.36. The molecule has 2 heterocycles. The highest BCUT2D eigenvalue weighted by atomic mass is 32.2. The predicted molar refractivity (Wildman–Crippen MR) is 81.9 cm³/mol. The maximum atomic E-state index is 13.0. The third-order valence-corrected chi connectivity index (χ3v) is 6.07. The van der Waals surface area contributed by atoms with E-state index in [1.807, 2.05) is 6.07 Å². The first-order valence-corrected chi connectivity index (χ1v) is 8.50. The van der Waals surface area contributed by atoms with Gasteiger partial charge in [-0.2, -0.15) is 4.31 Å². The lowest BCUT2D eigenvalue weighted by Gasteiger charge is -2.22. The molecule has 0 radical (unpaired) electrons. The number of rotatable bonds is 4. The minimum absolute atomic E-state index is 0.191. The first-order valence-electron chi connectivity index (χ1n) is 7.06. The minimum atomic E-state index is -3.70. The Morgan fingerprint density at radius 1 is 1.41 bits per heavy atom. The summed E-state index contributed by atoms with van der Waals surface area (Å²) in [7, 11) is -2.15. The van der Waals surface area contributed by atoms with Crippen molar-refractivity contribution >= 4 is 20.8 Å². The van der Waals surface area contributed by atoms with Gasteiger partial charge in [-0.05, 0) is 18.6 Å². The van der Waals surface area contributed by atoms with Gasteiger partial charge in [-0.1, -0.05) is 12.1 Å². The molecule has 1 aromatic heterocycles. The van der Waals surface area contributed by atoms with Gasteiger partial charge in [-0.15, -0.1) is 0 Å². The van der Waals surface area contributed by atoms with Crippen molar-refractivity contribution in [2.24, 2.45) is 0 Å². The maximum Gasteiger partial charge on any atom is 0.244 e. The second-order valence-electron chi connectivity index (χ2n) is 5.36. The van der Waals surface area contributed by atoms with Crippen LogP contribution in [0.15, 0.2) is 41.6 Å². The second-order valence-corrected chi connectivity index (χ2v) is 7.22. The Kier molecular flexibility index (Phi) is 4.14. The number of nitrogens with zero attached hydrogens (tertiary/aromatic N) is 2. The SMILES string of the molecule is CO[C@@H]1C[C@@H](CO)N(S(=O)(=O)c2cccc3cnccc23)C1. The smallest absolute Gasteiger partial charge is 0.244 e. The molecule has 1 saturated heterocycles. The van der Waals surface area contributed by atoms with Crippen LogP contribution in [0.2, 0.25) is 0 Å². The summed E-state index contributed by atoms with van der Waals surface area (Å²) in [5.74, 6) is 0. The lowest BCUT2D eigenvalue weighted by Crippen LogP contribution is -2.38. The molecule has 1 aliphatic heterocycles. The van der Waals surface area contributed by atoms with Crippen molar-refractivity contribution in [1.29, 1.82) is 0 Å². The summed E-state index contributed by atoms with van der Waals surface area (Å²) in [6.07, 6.45) is 3.52. The number of methoxy groups -OCH3 is 1. The van der Waals surface area contributed by atoms with E-state index in [1.165, 1.54) is 4.31 Å². The van der Waals surface area contributed by atoms with Gasteiger partial charge in [-0.3, -0.25) is 4.98 Å². The van der Waals surface area contributed by atoms with Gasteiger partial charge in [0, 0.05) is 36.8 Å². The highest BCUT2D eigenvalue weighted by Gasteiger charge is 2.40. The van der Waals surface area contributed by atoms with E-state index in [9.17, 15) is 13.5 Å². The number of fused-ring (bicyclic) bond motifs is 1. The van der Waals surface area contributed by atoms with Gasteiger partial charge in [0.1, 0.15) is 0 Å². The number of aromatic nitrogens is 1. The molecule has 7 heteroatoms. The molecule has 118 valence electrons. The van der Waals surface area contributed by atoms with Crippen molar-refractivity contribution in [3.8, 4) is 0 Å². The first-order chi connectivity index (χ1) is 10.6. The largest absolute Gasteiger partial charge is 0.395 e. The Morgan fingerprint density at radius 3 is 2.95 bits per heavy atom. The fraction of sp³-hybridized carbons (Fsp3) is 0.400. The zero-order valence-corrected chi connectivity index (χ0v) is 13.0. The van der Waals surface area contributed by atoms with Crippen molar-refractivity contribution in [3.05, 3.63) is 36.7 Å². The molecule has 2 aromatic rings. The summed E-state index contributed by atoms with van der Waals surface area (Å²) in [4.78, 5) is 4.26. The van der Waals surface area contributed by atoms with Gasteiger partial charge in [0.15, 0.2) is 0 Å². The van der Waals surface area contributed by atoms with E-state index >= 15 is 0 Å². The number of sulfonamides is 1. The van der Waals surface area contributed by atoms with E-state index in [-0.39, 0.29) is 24.2 Å². The average Bonchev–Trinajstić information content (AvgIpc) is 2.98. The summed E-state index contributed by atoms with van der Waals surface area (Å²) in [5.41, 5.74) is 0. The Bertz CT molecular complexity index is 773. The number of benzene rings is 1. The van der Waals surface area contributed by atoms with Crippen molar-refractivity contribution in [1.82, 2.24) is 9.29 Å². The predicted octanol–water partition coefficient (Wildman–Crippen LogP) is 1.01. The summed E-state index contributed by atoms with van der Waals surface area (Å²) >= 11 is 0. The van der Waals surface area contributed by atoms with Gasteiger partial charge < -0.3 is 9.84 Å². The molecule has 0 amide bonds. The highest BCUT2D eigenvalue weighted by molar-refractivity contribution is 7.89. The summed E-state index contributed by atoms with van der Waals surface area (Å²) < 4.78 is 32.6. The number of hydrogen-bond donors (Lipinski definition) is 1. The summed E-state index contributed by atoms with van der Waals surface area (Å²) in [6.45, 7) is 0.0386. The van der Waals surface area contributed by atoms with Crippen LogP contribution in [-0.4, -0.2) is 55.2 Å². The zero-order valence-electron chi connectivity index (χ0n) is 12.2. The molecular formula is C15H18N2O4S. The van der Waals surface area contributed by atoms with Crippen molar-refractivity contribution in [3.63, 3.8) is 0 Å². The monoisotopic (exact) mass is 322 g/mol. The van der Waals surface area contributed by atoms with Crippen molar-refractivity contribution < 1.29 is 18.3 Å². The first kappa shape index (κ1) is 15.4. The summed E-state index contributed by atoms with van der Waals surface area (Å²) in [5, 5.41) is 10.9. The second kappa shape index (κ2) is 5.92. The van der Waals surface area contributed by atoms with Crippen LogP contribution in [0.3, 0.4) is 0 Å². The third kappa shape index (κ3) is 2.50. The third-order valence-electron chi connectivity index (χ3n) is 4.10. The molecule has 1 fully saturated rings. The lowest BCUT2D eigenvalue weighted by molar-refractivity contribution is 0.113. The fourth-order valence-electron chi connectivity index (χ4n) is 2.92. The van der Waals surface area contributed by atoms with Crippen LogP contribution in [-0.2, 0) is 14.8 Å². The molecule has 0 unspecified atom stereocenters. The molecule has 1 aromatic carbocycles. The van der Waals surface area contributed by atoms with Crippen LogP contribution >= 0.6 is 0 Å². The molecular weight excluding hydrogens is 304 g/mol. The van der Waals surface area contributed by atoms with Gasteiger partial charge in [0.2, 0.25) is 10.0 Å². The minimum Gasteiger partial charge on any atom is -0.395 e. The topological polar surface area (TPSA) is 79.7 Å². The van der Waals surface area contributed by atoms with Crippen LogP contribution in [0.1, 0.15) is 6.42 Å². The van der Waals surface area contributed by atoms with E-state index in [0.29, 0.717) is 11.8 Å². The molecule has 2 atom stereocenters. The molecule has 3 rings (SSSR count). The molecule has 22 heavy (non-hydrogen) atoms. The number of ether oxygens (including phenoxy) is 1. The van der Waals surface area contributed by atoms with Crippen LogP contribution < -0.4 is 0 Å².